The molecule has 6 N–H and O–H groups in total. The average Bonchev–Trinajstić information content (AvgIpc) is 3.10. The van der Waals surface area contributed by atoms with Gasteiger partial charge in [-0.15, -0.1) is 0 Å². The number of amides is 1. The fraction of sp³-hybridized carbons (Fsp3) is 0.925. The smallest absolute Gasteiger partial charge is 0.220 e. The molecule has 0 bridgehead atoms. The number of carbonyl (C=O) groups is 1. The zero-order chi connectivity index (χ0) is 36.0. The molecule has 1 fully saturated rings. The van der Waals surface area contributed by atoms with Gasteiger partial charge in [-0.2, -0.15) is 0 Å². The molecule has 2 unspecified atom stereocenters. The summed E-state index contributed by atoms with van der Waals surface area (Å²) in [5.41, 5.74) is 0. The van der Waals surface area contributed by atoms with Crippen LogP contribution in [0.4, 0.5) is 0 Å². The van der Waals surface area contributed by atoms with E-state index in [0.29, 0.717) is 12.8 Å². The number of hydrogen-bond acceptors (Lipinski definition) is 8. The van der Waals surface area contributed by atoms with Crippen LogP contribution in [0.15, 0.2) is 12.2 Å². The Morgan fingerprint density at radius 1 is 0.673 bits per heavy atom. The van der Waals surface area contributed by atoms with Crippen molar-refractivity contribution in [3.05, 3.63) is 12.2 Å². The molecule has 290 valence electrons. The molecule has 7 atom stereocenters. The predicted molar refractivity (Wildman–Crippen MR) is 198 cm³/mol. The highest BCUT2D eigenvalue weighted by atomic mass is 16.7. The summed E-state index contributed by atoms with van der Waals surface area (Å²) in [4.78, 5) is 12.9. The minimum absolute atomic E-state index is 0.146. The molecule has 1 saturated heterocycles. The predicted octanol–water partition coefficient (Wildman–Crippen LogP) is 7.39. The molecule has 0 spiro atoms. The first-order valence-corrected chi connectivity index (χ1v) is 20.4. The molecule has 9 heteroatoms. The molecule has 1 aliphatic heterocycles. The van der Waals surface area contributed by atoms with E-state index in [2.05, 4.69) is 31.3 Å². The van der Waals surface area contributed by atoms with Crippen molar-refractivity contribution in [3.8, 4) is 0 Å². The van der Waals surface area contributed by atoms with Crippen LogP contribution in [0.2, 0.25) is 0 Å². The average molecular weight is 700 g/mol. The normalized spacial score (nSPS) is 22.5. The first-order valence-electron chi connectivity index (χ1n) is 20.4. The topological polar surface area (TPSA) is 149 Å². The van der Waals surface area contributed by atoms with Crippen LogP contribution in [-0.4, -0.2) is 87.5 Å². The number of carbonyl (C=O) groups excluding carboxylic acids is 1. The number of aliphatic hydroxyl groups excluding tert-OH is 5. The molecule has 0 aromatic carbocycles. The van der Waals surface area contributed by atoms with Gasteiger partial charge < -0.3 is 40.3 Å². The van der Waals surface area contributed by atoms with E-state index in [-0.39, 0.29) is 12.5 Å². The van der Waals surface area contributed by atoms with Crippen LogP contribution in [0.3, 0.4) is 0 Å². The van der Waals surface area contributed by atoms with E-state index in [1.807, 2.05) is 0 Å². The molecule has 9 nitrogen and oxygen atoms in total. The van der Waals surface area contributed by atoms with Crippen LogP contribution in [0.25, 0.3) is 0 Å². The van der Waals surface area contributed by atoms with E-state index in [1.54, 1.807) is 0 Å². The molecule has 0 radical (unpaired) electrons. The third kappa shape index (κ3) is 23.2. The highest BCUT2D eigenvalue weighted by molar-refractivity contribution is 5.76. The van der Waals surface area contributed by atoms with Gasteiger partial charge in [-0.25, -0.2) is 0 Å². The van der Waals surface area contributed by atoms with Crippen molar-refractivity contribution in [3.63, 3.8) is 0 Å². The molecule has 0 saturated carbocycles. The number of unbranched alkanes of at least 4 members (excludes halogenated alkanes) is 21. The second-order valence-corrected chi connectivity index (χ2v) is 14.4. The van der Waals surface area contributed by atoms with Crippen molar-refractivity contribution in [1.29, 1.82) is 0 Å². The second kappa shape index (κ2) is 31.6. The summed E-state index contributed by atoms with van der Waals surface area (Å²) < 4.78 is 11.2. The minimum Gasteiger partial charge on any atom is -0.394 e. The number of aliphatic hydroxyl groups is 5. The van der Waals surface area contributed by atoms with E-state index >= 15 is 0 Å². The third-order valence-electron chi connectivity index (χ3n) is 9.87. The van der Waals surface area contributed by atoms with Gasteiger partial charge in [0.05, 0.1) is 25.4 Å². The lowest BCUT2D eigenvalue weighted by Gasteiger charge is -2.40. The molecule has 1 rings (SSSR count). The summed E-state index contributed by atoms with van der Waals surface area (Å²) in [6.45, 7) is 3.79. The zero-order valence-corrected chi connectivity index (χ0v) is 31.5. The van der Waals surface area contributed by atoms with Crippen LogP contribution in [0.5, 0.6) is 0 Å². The van der Waals surface area contributed by atoms with E-state index < -0.39 is 49.5 Å². The highest BCUT2D eigenvalue weighted by Gasteiger charge is 2.44. The fourth-order valence-electron chi connectivity index (χ4n) is 6.51. The Labute approximate surface area is 299 Å². The standard InChI is InChI=1S/C40H77NO8/c1-3-5-7-9-11-13-15-17-18-19-21-23-25-27-29-34(43)33(32-48-40-39(47)38(46)37(45)35(31-42)49-40)41-36(44)30-28-26-24-22-20-16-14-12-10-8-6-4-2/h19,21,33-35,37-40,42-43,45-47H,3-18,20,22-32H2,1-2H3,(H,41,44)/b21-19+/t33-,34+,35+,37+,38?,39?,40+/m0/s1. The van der Waals surface area contributed by atoms with Gasteiger partial charge >= 0.3 is 0 Å². The molecule has 0 aromatic heterocycles. The SMILES string of the molecule is CCCCCCCCCC/C=C/CCCC[C@@H](O)[C@H](CO[C@@H]1O[C@H](CO)[C@@H](O)C(O)C1O)NC(=O)CCCCCCCCCCCCCC. The van der Waals surface area contributed by atoms with E-state index in [4.69, 9.17) is 9.47 Å². The Morgan fingerprint density at radius 3 is 1.65 bits per heavy atom. The molecule has 0 aromatic rings. The Bertz CT molecular complexity index is 781. The van der Waals surface area contributed by atoms with Crippen LogP contribution in [0.1, 0.15) is 181 Å². The van der Waals surface area contributed by atoms with Crippen LogP contribution in [-0.2, 0) is 14.3 Å². The van der Waals surface area contributed by atoms with Crippen LogP contribution >= 0.6 is 0 Å². The van der Waals surface area contributed by atoms with Gasteiger partial charge in [0.1, 0.15) is 24.4 Å². The largest absolute Gasteiger partial charge is 0.394 e. The van der Waals surface area contributed by atoms with Gasteiger partial charge in [0.15, 0.2) is 6.29 Å². The molecule has 49 heavy (non-hydrogen) atoms. The summed E-state index contributed by atoms with van der Waals surface area (Å²) in [6, 6.07) is -0.727. The lowest BCUT2D eigenvalue weighted by molar-refractivity contribution is -0.302. The van der Waals surface area contributed by atoms with E-state index in [1.165, 1.54) is 109 Å². The number of ether oxygens (including phenoxy) is 2. The molecule has 1 heterocycles. The summed E-state index contributed by atoms with van der Waals surface area (Å²) in [7, 11) is 0. The van der Waals surface area contributed by atoms with Crippen molar-refractivity contribution < 1.29 is 39.8 Å². The highest BCUT2D eigenvalue weighted by Crippen LogP contribution is 2.23. The van der Waals surface area contributed by atoms with Crippen LogP contribution in [0, 0.1) is 0 Å². The van der Waals surface area contributed by atoms with Gasteiger partial charge in [-0.05, 0) is 38.5 Å². The molecule has 1 aliphatic rings. The Hall–Kier alpha value is -1.07. The van der Waals surface area contributed by atoms with Crippen molar-refractivity contribution >= 4 is 5.91 Å². The van der Waals surface area contributed by atoms with Crippen molar-refractivity contribution in [2.24, 2.45) is 0 Å². The first-order chi connectivity index (χ1) is 23.8. The maximum Gasteiger partial charge on any atom is 0.220 e. The van der Waals surface area contributed by atoms with Crippen molar-refractivity contribution in [2.75, 3.05) is 13.2 Å². The lowest BCUT2D eigenvalue weighted by Crippen LogP contribution is -2.60. The number of nitrogens with one attached hydrogen (secondary N) is 1. The maximum atomic E-state index is 12.9. The molecular weight excluding hydrogens is 622 g/mol. The van der Waals surface area contributed by atoms with Gasteiger partial charge in [0.25, 0.3) is 0 Å². The van der Waals surface area contributed by atoms with E-state index in [0.717, 1.165) is 44.9 Å². The number of rotatable bonds is 33. The maximum absolute atomic E-state index is 12.9. The third-order valence-corrected chi connectivity index (χ3v) is 9.87. The van der Waals surface area contributed by atoms with Crippen molar-refractivity contribution in [1.82, 2.24) is 5.32 Å². The van der Waals surface area contributed by atoms with Gasteiger partial charge in [-0.3, -0.25) is 4.79 Å². The first kappa shape index (κ1) is 46.0. The number of hydrogen-bond donors (Lipinski definition) is 6. The summed E-state index contributed by atoms with van der Waals surface area (Å²) >= 11 is 0. The molecule has 0 aliphatic carbocycles. The summed E-state index contributed by atoms with van der Waals surface area (Å²) in [5, 5.41) is 54.1. The van der Waals surface area contributed by atoms with Gasteiger partial charge in [0, 0.05) is 6.42 Å². The Balaban J connectivity index is 2.42. The number of allylic oxidation sites excluding steroid dienone is 2. The van der Waals surface area contributed by atoms with E-state index in [9.17, 15) is 30.3 Å². The zero-order valence-electron chi connectivity index (χ0n) is 31.5. The summed E-state index contributed by atoms with van der Waals surface area (Å²) in [5.74, 6) is -0.155. The second-order valence-electron chi connectivity index (χ2n) is 14.4. The molecular formula is C40H77NO8. The monoisotopic (exact) mass is 700 g/mol. The fourth-order valence-corrected chi connectivity index (χ4v) is 6.51. The lowest BCUT2D eigenvalue weighted by atomic mass is 9.99. The Kier molecular flexibility index (Phi) is 29.7. The molecule has 1 amide bonds. The minimum atomic E-state index is -1.55. The van der Waals surface area contributed by atoms with Gasteiger partial charge in [-0.1, -0.05) is 148 Å². The quantitative estimate of drug-likeness (QED) is 0.0307. The van der Waals surface area contributed by atoms with Crippen molar-refractivity contribution in [2.45, 2.75) is 224 Å². The van der Waals surface area contributed by atoms with Crippen LogP contribution < -0.4 is 5.32 Å². The Morgan fingerprint density at radius 2 is 1.14 bits per heavy atom. The van der Waals surface area contributed by atoms with Gasteiger partial charge in [0.2, 0.25) is 5.91 Å². The summed E-state index contributed by atoms with van der Waals surface area (Å²) in [6.07, 6.45) is 26.4.